The van der Waals surface area contributed by atoms with Crippen LogP contribution in [0.15, 0.2) is 40.9 Å². The van der Waals surface area contributed by atoms with Gasteiger partial charge in [0.05, 0.1) is 0 Å². The fourth-order valence-corrected chi connectivity index (χ4v) is 2.93. The third-order valence-corrected chi connectivity index (χ3v) is 4.11. The number of rotatable bonds is 3. The molecule has 1 nitrogen and oxygen atoms in total. The zero-order valence-electron chi connectivity index (χ0n) is 9.84. The molecule has 0 aliphatic carbocycles. The molecular weight excluding hydrogens is 352 g/mol. The average molecular weight is 363 g/mol. The van der Waals surface area contributed by atoms with Gasteiger partial charge in [-0.05, 0) is 42.3 Å². The van der Waals surface area contributed by atoms with Crippen molar-refractivity contribution in [2.75, 3.05) is 0 Å². The van der Waals surface area contributed by atoms with Gasteiger partial charge in [-0.15, -0.1) is 0 Å². The predicted octanol–water partition coefficient (Wildman–Crippen LogP) is 5.14. The van der Waals surface area contributed by atoms with Gasteiger partial charge < -0.3 is 5.73 Å². The number of hydrogen-bond acceptors (Lipinski definition) is 1. The summed E-state index contributed by atoms with van der Waals surface area (Å²) in [4.78, 5) is 0. The zero-order chi connectivity index (χ0) is 14.0. The Balaban J connectivity index is 2.31. The second-order valence-electron chi connectivity index (χ2n) is 4.18. The quantitative estimate of drug-likeness (QED) is 0.803. The Morgan fingerprint density at radius 2 is 1.95 bits per heavy atom. The molecule has 0 aromatic heterocycles. The van der Waals surface area contributed by atoms with E-state index in [2.05, 4.69) is 15.9 Å². The summed E-state index contributed by atoms with van der Waals surface area (Å²) in [7, 11) is 0. The van der Waals surface area contributed by atoms with Crippen molar-refractivity contribution in [2.45, 2.75) is 12.5 Å². The number of halogens is 4. The summed E-state index contributed by atoms with van der Waals surface area (Å²) in [5, 5.41) is 1.16. The van der Waals surface area contributed by atoms with E-state index in [0.717, 1.165) is 5.56 Å². The van der Waals surface area contributed by atoms with Crippen molar-refractivity contribution in [1.29, 1.82) is 0 Å². The van der Waals surface area contributed by atoms with Gasteiger partial charge in [0.2, 0.25) is 0 Å². The molecule has 0 saturated carbocycles. The summed E-state index contributed by atoms with van der Waals surface area (Å²) in [6.07, 6.45) is 0.416. The van der Waals surface area contributed by atoms with Gasteiger partial charge in [0.25, 0.3) is 0 Å². The number of benzene rings is 2. The van der Waals surface area contributed by atoms with Crippen molar-refractivity contribution >= 4 is 39.1 Å². The maximum atomic E-state index is 13.8. The minimum absolute atomic E-state index is 0.333. The molecule has 2 N–H and O–H groups in total. The SMILES string of the molecule is NC(Cc1cc(Cl)ccc1Cl)c1c(F)cccc1Br. The molecule has 0 amide bonds. The maximum absolute atomic E-state index is 13.8. The summed E-state index contributed by atoms with van der Waals surface area (Å²) in [5.74, 6) is -0.333. The largest absolute Gasteiger partial charge is 0.324 e. The Labute approximate surface area is 129 Å². The van der Waals surface area contributed by atoms with Crippen molar-refractivity contribution in [3.05, 3.63) is 67.9 Å². The molecule has 0 radical (unpaired) electrons. The van der Waals surface area contributed by atoms with Crippen molar-refractivity contribution < 1.29 is 4.39 Å². The molecule has 19 heavy (non-hydrogen) atoms. The van der Waals surface area contributed by atoms with Crippen LogP contribution in [-0.2, 0) is 6.42 Å². The molecule has 2 rings (SSSR count). The van der Waals surface area contributed by atoms with Gasteiger partial charge in [0.1, 0.15) is 5.82 Å². The smallest absolute Gasteiger partial charge is 0.129 e. The molecule has 0 aliphatic rings. The zero-order valence-corrected chi connectivity index (χ0v) is 12.9. The minimum Gasteiger partial charge on any atom is -0.324 e. The highest BCUT2D eigenvalue weighted by Gasteiger charge is 2.16. The molecule has 5 heteroatoms. The predicted molar refractivity (Wildman–Crippen MR) is 81.2 cm³/mol. The first-order valence-corrected chi connectivity index (χ1v) is 7.17. The molecule has 0 fully saturated rings. The summed E-state index contributed by atoms with van der Waals surface area (Å²) >= 11 is 15.3. The third kappa shape index (κ3) is 3.48. The number of nitrogens with two attached hydrogens (primary N) is 1. The molecule has 0 bridgehead atoms. The van der Waals surface area contributed by atoms with Crippen LogP contribution >= 0.6 is 39.1 Å². The molecule has 1 atom stereocenters. The Bertz CT molecular complexity index is 584. The Morgan fingerprint density at radius 3 is 2.63 bits per heavy atom. The van der Waals surface area contributed by atoms with Crippen LogP contribution in [0.3, 0.4) is 0 Å². The first kappa shape index (κ1) is 14.8. The Kier molecular flexibility index (Phi) is 4.85. The van der Waals surface area contributed by atoms with E-state index in [0.29, 0.717) is 26.5 Å². The van der Waals surface area contributed by atoms with E-state index in [1.807, 2.05) is 0 Å². The normalized spacial score (nSPS) is 12.5. The second-order valence-corrected chi connectivity index (χ2v) is 5.88. The standard InChI is InChI=1S/C14H11BrCl2FN/c15-10-2-1-3-12(18)14(10)13(19)7-8-6-9(16)4-5-11(8)17/h1-6,13H,7,19H2. The van der Waals surface area contributed by atoms with E-state index in [4.69, 9.17) is 28.9 Å². The highest BCUT2D eigenvalue weighted by atomic mass is 79.9. The lowest BCUT2D eigenvalue weighted by Crippen LogP contribution is -2.16. The maximum Gasteiger partial charge on any atom is 0.129 e. The molecular formula is C14H11BrCl2FN. The summed E-state index contributed by atoms with van der Waals surface area (Å²) in [6, 6.07) is 9.45. The third-order valence-electron chi connectivity index (χ3n) is 2.82. The van der Waals surface area contributed by atoms with E-state index in [-0.39, 0.29) is 5.82 Å². The number of hydrogen-bond donors (Lipinski definition) is 1. The van der Waals surface area contributed by atoms with Crippen LogP contribution < -0.4 is 5.73 Å². The lowest BCUT2D eigenvalue weighted by molar-refractivity contribution is 0.578. The lowest BCUT2D eigenvalue weighted by Gasteiger charge is -2.16. The van der Waals surface area contributed by atoms with Crippen LogP contribution in [0.4, 0.5) is 4.39 Å². The first-order valence-electron chi connectivity index (χ1n) is 5.62. The van der Waals surface area contributed by atoms with Gasteiger partial charge in [0.15, 0.2) is 0 Å². The molecule has 2 aromatic carbocycles. The van der Waals surface area contributed by atoms with E-state index in [1.54, 1.807) is 30.3 Å². The molecule has 0 heterocycles. The summed E-state index contributed by atoms with van der Waals surface area (Å²) in [5.41, 5.74) is 7.32. The Hall–Kier alpha value is -0.610. The van der Waals surface area contributed by atoms with Gasteiger partial charge in [-0.25, -0.2) is 4.39 Å². The molecule has 0 aliphatic heterocycles. The average Bonchev–Trinajstić information content (AvgIpc) is 2.33. The van der Waals surface area contributed by atoms with Crippen LogP contribution in [0.5, 0.6) is 0 Å². The fraction of sp³-hybridized carbons (Fsp3) is 0.143. The molecule has 0 saturated heterocycles. The van der Waals surface area contributed by atoms with E-state index < -0.39 is 6.04 Å². The van der Waals surface area contributed by atoms with Crippen LogP contribution in [-0.4, -0.2) is 0 Å². The topological polar surface area (TPSA) is 26.0 Å². The van der Waals surface area contributed by atoms with E-state index >= 15 is 0 Å². The molecule has 0 spiro atoms. The van der Waals surface area contributed by atoms with Crippen molar-refractivity contribution in [1.82, 2.24) is 0 Å². The first-order chi connectivity index (χ1) is 8.99. The van der Waals surface area contributed by atoms with Crippen LogP contribution in [0, 0.1) is 5.82 Å². The van der Waals surface area contributed by atoms with E-state index in [1.165, 1.54) is 6.07 Å². The van der Waals surface area contributed by atoms with E-state index in [9.17, 15) is 4.39 Å². The molecule has 100 valence electrons. The van der Waals surface area contributed by atoms with Crippen molar-refractivity contribution in [3.8, 4) is 0 Å². The van der Waals surface area contributed by atoms with Gasteiger partial charge in [-0.3, -0.25) is 0 Å². The molecule has 2 aromatic rings. The van der Waals surface area contributed by atoms with Crippen LogP contribution in [0.1, 0.15) is 17.2 Å². The van der Waals surface area contributed by atoms with Gasteiger partial charge in [-0.1, -0.05) is 45.2 Å². The minimum atomic E-state index is -0.494. The monoisotopic (exact) mass is 361 g/mol. The van der Waals surface area contributed by atoms with Gasteiger partial charge in [0, 0.05) is 26.1 Å². The molecule has 1 unspecified atom stereocenters. The van der Waals surface area contributed by atoms with Crippen molar-refractivity contribution in [3.63, 3.8) is 0 Å². The van der Waals surface area contributed by atoms with Crippen molar-refractivity contribution in [2.24, 2.45) is 5.73 Å². The summed E-state index contributed by atoms with van der Waals surface area (Å²) < 4.78 is 14.5. The fourth-order valence-electron chi connectivity index (χ4n) is 1.90. The van der Waals surface area contributed by atoms with Crippen LogP contribution in [0.2, 0.25) is 10.0 Å². The highest BCUT2D eigenvalue weighted by Crippen LogP contribution is 2.30. The van der Waals surface area contributed by atoms with Crippen LogP contribution in [0.25, 0.3) is 0 Å². The van der Waals surface area contributed by atoms with Gasteiger partial charge >= 0.3 is 0 Å². The summed E-state index contributed by atoms with van der Waals surface area (Å²) in [6.45, 7) is 0. The lowest BCUT2D eigenvalue weighted by atomic mass is 9.99. The van der Waals surface area contributed by atoms with Gasteiger partial charge in [-0.2, -0.15) is 0 Å². The highest BCUT2D eigenvalue weighted by molar-refractivity contribution is 9.10. The Morgan fingerprint density at radius 1 is 1.21 bits per heavy atom. The second kappa shape index (κ2) is 6.23.